The van der Waals surface area contributed by atoms with Gasteiger partial charge in [-0.15, -0.1) is 0 Å². The predicted molar refractivity (Wildman–Crippen MR) is 60.7 cm³/mol. The molecule has 1 N–H and O–H groups in total. The standard InChI is InChI=1S/C11H10N2O3/c1-6-3-4-8-10(7(6)2)12-5-9(11(8)14)13(15)16/h3-5H,1-2H3,(H,12,14). The summed E-state index contributed by atoms with van der Waals surface area (Å²) in [5.74, 6) is 0. The van der Waals surface area contributed by atoms with Gasteiger partial charge in [0.1, 0.15) is 0 Å². The molecule has 0 atom stereocenters. The lowest BCUT2D eigenvalue weighted by Gasteiger charge is -2.04. The number of aromatic nitrogens is 1. The number of hydrogen-bond acceptors (Lipinski definition) is 3. The monoisotopic (exact) mass is 218 g/mol. The van der Waals surface area contributed by atoms with Gasteiger partial charge in [0.2, 0.25) is 0 Å². The second kappa shape index (κ2) is 3.44. The van der Waals surface area contributed by atoms with E-state index < -0.39 is 16.0 Å². The van der Waals surface area contributed by atoms with Crippen LogP contribution in [0, 0.1) is 24.0 Å². The molecule has 0 aliphatic carbocycles. The van der Waals surface area contributed by atoms with Crippen molar-refractivity contribution in [3.05, 3.63) is 49.8 Å². The quantitative estimate of drug-likeness (QED) is 0.587. The van der Waals surface area contributed by atoms with Crippen molar-refractivity contribution >= 4 is 16.6 Å². The first-order valence-corrected chi connectivity index (χ1v) is 4.78. The van der Waals surface area contributed by atoms with Gasteiger partial charge in [-0.25, -0.2) is 0 Å². The first-order chi connectivity index (χ1) is 7.52. The Morgan fingerprint density at radius 2 is 2.00 bits per heavy atom. The maximum absolute atomic E-state index is 11.8. The minimum atomic E-state index is -0.673. The molecule has 5 nitrogen and oxygen atoms in total. The normalized spacial score (nSPS) is 10.6. The summed E-state index contributed by atoms with van der Waals surface area (Å²) in [4.78, 5) is 24.5. The maximum atomic E-state index is 11.8. The molecule has 0 saturated heterocycles. The van der Waals surface area contributed by atoms with E-state index in [-0.39, 0.29) is 0 Å². The number of hydrogen-bond donors (Lipinski definition) is 1. The molecule has 0 radical (unpaired) electrons. The van der Waals surface area contributed by atoms with Crippen LogP contribution in [0.1, 0.15) is 11.1 Å². The third kappa shape index (κ3) is 1.37. The predicted octanol–water partition coefficient (Wildman–Crippen LogP) is 2.05. The van der Waals surface area contributed by atoms with Crippen LogP contribution in [-0.4, -0.2) is 9.91 Å². The van der Waals surface area contributed by atoms with Crippen molar-refractivity contribution < 1.29 is 4.92 Å². The summed E-state index contributed by atoms with van der Waals surface area (Å²) in [6.07, 6.45) is 1.15. The Bertz CT molecular complexity index is 643. The molecule has 2 rings (SSSR count). The number of benzene rings is 1. The first-order valence-electron chi connectivity index (χ1n) is 4.78. The molecular weight excluding hydrogens is 208 g/mol. The Kier molecular flexibility index (Phi) is 2.23. The molecule has 0 aliphatic heterocycles. The summed E-state index contributed by atoms with van der Waals surface area (Å²) in [6, 6.07) is 3.40. The highest BCUT2D eigenvalue weighted by molar-refractivity contribution is 5.84. The fourth-order valence-electron chi connectivity index (χ4n) is 1.67. The number of nitrogens with one attached hydrogen (secondary N) is 1. The lowest BCUT2D eigenvalue weighted by molar-refractivity contribution is -0.386. The lowest BCUT2D eigenvalue weighted by atomic mass is 10.1. The molecule has 16 heavy (non-hydrogen) atoms. The summed E-state index contributed by atoms with van der Waals surface area (Å²) in [6.45, 7) is 3.80. The SMILES string of the molecule is Cc1ccc2c(=O)c([N+](=O)[O-])c[nH]c2c1C. The van der Waals surface area contributed by atoms with Crippen molar-refractivity contribution in [2.75, 3.05) is 0 Å². The summed E-state index contributed by atoms with van der Waals surface area (Å²) in [7, 11) is 0. The molecule has 5 heteroatoms. The van der Waals surface area contributed by atoms with Gasteiger partial charge in [-0.1, -0.05) is 6.07 Å². The number of nitro groups is 1. The van der Waals surface area contributed by atoms with Gasteiger partial charge in [-0.3, -0.25) is 14.9 Å². The highest BCUT2D eigenvalue weighted by atomic mass is 16.6. The largest absolute Gasteiger partial charge is 0.355 e. The van der Waals surface area contributed by atoms with Gasteiger partial charge in [0.15, 0.2) is 0 Å². The van der Waals surface area contributed by atoms with Crippen molar-refractivity contribution in [3.8, 4) is 0 Å². The number of aryl methyl sites for hydroxylation is 2. The van der Waals surface area contributed by atoms with E-state index in [0.29, 0.717) is 10.9 Å². The molecule has 0 spiro atoms. The zero-order valence-electron chi connectivity index (χ0n) is 8.90. The molecule has 0 bridgehead atoms. The fourth-order valence-corrected chi connectivity index (χ4v) is 1.67. The number of H-pyrrole nitrogens is 1. The summed E-state index contributed by atoms with van der Waals surface area (Å²) >= 11 is 0. The van der Waals surface area contributed by atoms with Crippen LogP contribution in [0.2, 0.25) is 0 Å². The van der Waals surface area contributed by atoms with Crippen LogP contribution in [0.4, 0.5) is 5.69 Å². The molecule has 0 amide bonds. The van der Waals surface area contributed by atoms with Gasteiger partial charge in [-0.05, 0) is 31.0 Å². The topological polar surface area (TPSA) is 76.0 Å². The molecular formula is C11H10N2O3. The second-order valence-electron chi connectivity index (χ2n) is 3.69. The van der Waals surface area contributed by atoms with E-state index in [1.54, 1.807) is 12.1 Å². The highest BCUT2D eigenvalue weighted by Crippen LogP contribution is 2.18. The van der Waals surface area contributed by atoms with E-state index in [1.807, 2.05) is 13.8 Å². The van der Waals surface area contributed by atoms with E-state index in [1.165, 1.54) is 0 Å². The van der Waals surface area contributed by atoms with Gasteiger partial charge in [0.25, 0.3) is 5.43 Å². The van der Waals surface area contributed by atoms with Crippen LogP contribution in [0.15, 0.2) is 23.1 Å². The van der Waals surface area contributed by atoms with Crippen LogP contribution < -0.4 is 5.43 Å². The van der Waals surface area contributed by atoms with Crippen LogP contribution in [0.25, 0.3) is 10.9 Å². The van der Waals surface area contributed by atoms with Gasteiger partial charge >= 0.3 is 5.69 Å². The average molecular weight is 218 g/mol. The molecule has 1 aromatic carbocycles. The molecule has 82 valence electrons. The Labute approximate surface area is 90.9 Å². The van der Waals surface area contributed by atoms with E-state index >= 15 is 0 Å². The lowest BCUT2D eigenvalue weighted by Crippen LogP contribution is -2.09. The van der Waals surface area contributed by atoms with Gasteiger partial charge < -0.3 is 4.98 Å². The van der Waals surface area contributed by atoms with E-state index in [4.69, 9.17) is 0 Å². The molecule has 0 unspecified atom stereocenters. The number of aromatic amines is 1. The highest BCUT2D eigenvalue weighted by Gasteiger charge is 2.15. The molecule has 1 aromatic heterocycles. The summed E-state index contributed by atoms with van der Waals surface area (Å²) < 4.78 is 0. The molecule has 1 heterocycles. The molecule has 0 aliphatic rings. The summed E-state index contributed by atoms with van der Waals surface area (Å²) in [5.41, 5.74) is 1.68. The first kappa shape index (κ1) is 10.4. The van der Waals surface area contributed by atoms with E-state index in [9.17, 15) is 14.9 Å². The molecule has 0 saturated carbocycles. The number of pyridine rings is 1. The summed E-state index contributed by atoms with van der Waals surface area (Å²) in [5, 5.41) is 11.0. The van der Waals surface area contributed by atoms with Gasteiger partial charge in [0.05, 0.1) is 22.0 Å². The number of nitrogens with zero attached hydrogens (tertiary/aromatic N) is 1. The third-order valence-electron chi connectivity index (χ3n) is 2.76. The molecule has 0 fully saturated rings. The van der Waals surface area contributed by atoms with Crippen LogP contribution in [0.5, 0.6) is 0 Å². The molecule has 2 aromatic rings. The minimum Gasteiger partial charge on any atom is -0.355 e. The Hall–Kier alpha value is -2.17. The fraction of sp³-hybridized carbons (Fsp3) is 0.182. The van der Waals surface area contributed by atoms with Crippen molar-refractivity contribution in [1.82, 2.24) is 4.98 Å². The van der Waals surface area contributed by atoms with Gasteiger partial charge in [0, 0.05) is 0 Å². The van der Waals surface area contributed by atoms with E-state index in [2.05, 4.69) is 4.98 Å². The van der Waals surface area contributed by atoms with Crippen molar-refractivity contribution in [3.63, 3.8) is 0 Å². The minimum absolute atomic E-state index is 0.359. The number of fused-ring (bicyclic) bond motifs is 1. The van der Waals surface area contributed by atoms with Crippen molar-refractivity contribution in [2.24, 2.45) is 0 Å². The Balaban J connectivity index is 2.93. The second-order valence-corrected chi connectivity index (χ2v) is 3.69. The van der Waals surface area contributed by atoms with Gasteiger partial charge in [-0.2, -0.15) is 0 Å². The van der Waals surface area contributed by atoms with Crippen molar-refractivity contribution in [2.45, 2.75) is 13.8 Å². The average Bonchev–Trinajstić information content (AvgIpc) is 2.23. The van der Waals surface area contributed by atoms with Crippen LogP contribution in [0.3, 0.4) is 0 Å². The maximum Gasteiger partial charge on any atom is 0.332 e. The zero-order valence-corrected chi connectivity index (χ0v) is 8.90. The van der Waals surface area contributed by atoms with E-state index in [0.717, 1.165) is 17.3 Å². The zero-order chi connectivity index (χ0) is 11.9. The van der Waals surface area contributed by atoms with Crippen LogP contribution >= 0.6 is 0 Å². The smallest absolute Gasteiger partial charge is 0.332 e. The Morgan fingerprint density at radius 1 is 1.31 bits per heavy atom. The van der Waals surface area contributed by atoms with Crippen molar-refractivity contribution in [1.29, 1.82) is 0 Å². The Morgan fingerprint density at radius 3 is 2.62 bits per heavy atom. The third-order valence-corrected chi connectivity index (χ3v) is 2.76. The van der Waals surface area contributed by atoms with Crippen LogP contribution in [-0.2, 0) is 0 Å². The number of rotatable bonds is 1.